The van der Waals surface area contributed by atoms with E-state index in [1.807, 2.05) is 59.2 Å². The maximum absolute atomic E-state index is 12.7. The molecule has 0 fully saturated rings. The number of para-hydroxylation sites is 3. The van der Waals surface area contributed by atoms with Crippen LogP contribution >= 0.6 is 23.4 Å². The monoisotopic (exact) mass is 463 g/mol. The largest absolute Gasteiger partial charge is 0.485 e. The first kappa shape index (κ1) is 20.6. The van der Waals surface area contributed by atoms with E-state index >= 15 is 0 Å². The van der Waals surface area contributed by atoms with Gasteiger partial charge in [0.15, 0.2) is 34.4 Å². The minimum atomic E-state index is -0.432. The highest BCUT2D eigenvalue weighted by Crippen LogP contribution is 2.37. The number of hydrogen-bond acceptors (Lipinski definition) is 6. The van der Waals surface area contributed by atoms with Crippen molar-refractivity contribution in [2.75, 3.05) is 12.4 Å². The van der Waals surface area contributed by atoms with Crippen LogP contribution in [0.1, 0.15) is 22.3 Å². The summed E-state index contributed by atoms with van der Waals surface area (Å²) in [5.41, 5.74) is 1.49. The molecule has 4 aromatic rings. The van der Waals surface area contributed by atoms with Gasteiger partial charge in [-0.2, -0.15) is 0 Å². The lowest BCUT2D eigenvalue weighted by Crippen LogP contribution is -2.24. The predicted molar refractivity (Wildman–Crippen MR) is 123 cm³/mol. The Labute approximate surface area is 194 Å². The Balaban J connectivity index is 1.43. The van der Waals surface area contributed by atoms with E-state index < -0.39 is 6.10 Å². The quantitative estimate of drug-likeness (QED) is 0.281. The summed E-state index contributed by atoms with van der Waals surface area (Å²) in [5, 5.41) is 9.98. The molecule has 8 heteroatoms. The zero-order chi connectivity index (χ0) is 21.9. The van der Waals surface area contributed by atoms with Gasteiger partial charge in [-0.05, 0) is 48.5 Å². The van der Waals surface area contributed by atoms with Crippen LogP contribution in [0.4, 0.5) is 0 Å². The Kier molecular flexibility index (Phi) is 5.83. The number of benzene rings is 3. The molecule has 160 valence electrons. The summed E-state index contributed by atoms with van der Waals surface area (Å²) in [6.45, 7) is 0.316. The highest BCUT2D eigenvalue weighted by atomic mass is 35.5. The summed E-state index contributed by atoms with van der Waals surface area (Å²) in [7, 11) is 0. The third-order valence-corrected chi connectivity index (χ3v) is 6.15. The van der Waals surface area contributed by atoms with Crippen LogP contribution in [0.25, 0.3) is 5.69 Å². The normalized spacial score (nSPS) is 14.8. The van der Waals surface area contributed by atoms with Crippen LogP contribution in [0, 0.1) is 0 Å². The van der Waals surface area contributed by atoms with Crippen LogP contribution in [0.5, 0.6) is 11.5 Å². The van der Waals surface area contributed by atoms with E-state index in [1.165, 1.54) is 11.8 Å². The molecule has 0 unspecified atom stereocenters. The van der Waals surface area contributed by atoms with Gasteiger partial charge in [0.2, 0.25) is 0 Å². The highest BCUT2D eigenvalue weighted by molar-refractivity contribution is 7.99. The highest BCUT2D eigenvalue weighted by Gasteiger charge is 2.29. The summed E-state index contributed by atoms with van der Waals surface area (Å²) in [5.74, 6) is 2.20. The predicted octanol–water partition coefficient (Wildman–Crippen LogP) is 5.41. The van der Waals surface area contributed by atoms with Crippen LogP contribution in [-0.2, 0) is 0 Å². The molecule has 0 bridgehead atoms. The lowest BCUT2D eigenvalue weighted by Gasteiger charge is -2.26. The van der Waals surface area contributed by atoms with Gasteiger partial charge in [0, 0.05) is 16.3 Å². The van der Waals surface area contributed by atoms with Crippen molar-refractivity contribution >= 4 is 29.1 Å². The first-order chi connectivity index (χ1) is 15.7. The zero-order valence-corrected chi connectivity index (χ0v) is 18.4. The van der Waals surface area contributed by atoms with Gasteiger partial charge in [0.05, 0.1) is 5.75 Å². The van der Waals surface area contributed by atoms with E-state index in [-0.39, 0.29) is 11.5 Å². The van der Waals surface area contributed by atoms with E-state index in [0.717, 1.165) is 5.69 Å². The molecule has 1 aliphatic heterocycles. The number of carbonyl (C=O) groups excluding carboxylic acids is 1. The lowest BCUT2D eigenvalue weighted by molar-refractivity contribution is 0.0835. The van der Waals surface area contributed by atoms with Crippen molar-refractivity contribution in [1.82, 2.24) is 14.8 Å². The fourth-order valence-electron chi connectivity index (χ4n) is 3.40. The van der Waals surface area contributed by atoms with Crippen LogP contribution in [0.2, 0.25) is 5.02 Å². The molecule has 1 aromatic heterocycles. The Morgan fingerprint density at radius 1 is 0.969 bits per heavy atom. The number of thioether (sulfide) groups is 1. The number of nitrogens with zero attached hydrogens (tertiary/aromatic N) is 3. The molecule has 2 heterocycles. The second-order valence-corrected chi connectivity index (χ2v) is 8.47. The molecular formula is C24H18ClN3O3S. The molecule has 0 aliphatic carbocycles. The van der Waals surface area contributed by atoms with E-state index in [9.17, 15) is 4.79 Å². The summed E-state index contributed by atoms with van der Waals surface area (Å²) in [4.78, 5) is 12.7. The first-order valence-electron chi connectivity index (χ1n) is 10.00. The Morgan fingerprint density at radius 3 is 2.47 bits per heavy atom. The Bertz CT molecular complexity index is 1250. The standard InChI is InChI=1S/C24H18ClN3O3S/c25-17-12-10-16(11-13-17)19(29)15-32-24-27-26-23(28(24)18-6-2-1-3-7-18)22-14-30-20-8-4-5-9-21(20)31-22/h1-13,22H,14-15H2/t22-/m1/s1. The fourth-order valence-corrected chi connectivity index (χ4v) is 4.38. The fraction of sp³-hybridized carbons (Fsp3) is 0.125. The molecule has 0 saturated heterocycles. The topological polar surface area (TPSA) is 66.2 Å². The second-order valence-electron chi connectivity index (χ2n) is 7.09. The molecule has 0 saturated carbocycles. The van der Waals surface area contributed by atoms with Gasteiger partial charge in [-0.15, -0.1) is 10.2 Å². The van der Waals surface area contributed by atoms with Crippen LogP contribution in [-0.4, -0.2) is 32.9 Å². The molecule has 32 heavy (non-hydrogen) atoms. The van der Waals surface area contributed by atoms with Crippen molar-refractivity contribution in [3.63, 3.8) is 0 Å². The molecule has 0 radical (unpaired) electrons. The number of ether oxygens (including phenoxy) is 2. The number of carbonyl (C=O) groups is 1. The molecule has 6 nitrogen and oxygen atoms in total. The zero-order valence-electron chi connectivity index (χ0n) is 16.8. The summed E-state index contributed by atoms with van der Waals surface area (Å²) >= 11 is 7.26. The minimum Gasteiger partial charge on any atom is -0.485 e. The summed E-state index contributed by atoms with van der Waals surface area (Å²) < 4.78 is 14.0. The van der Waals surface area contributed by atoms with Crippen LogP contribution in [0.15, 0.2) is 84.0 Å². The van der Waals surface area contributed by atoms with Crippen LogP contribution < -0.4 is 9.47 Å². The molecule has 1 atom stereocenters. The van der Waals surface area contributed by atoms with Gasteiger partial charge in [-0.3, -0.25) is 9.36 Å². The number of halogens is 1. The van der Waals surface area contributed by atoms with Crippen molar-refractivity contribution in [3.8, 4) is 17.2 Å². The van der Waals surface area contributed by atoms with Crippen molar-refractivity contribution in [2.45, 2.75) is 11.3 Å². The summed E-state index contributed by atoms with van der Waals surface area (Å²) in [6, 6.07) is 24.2. The molecule has 5 rings (SSSR count). The van der Waals surface area contributed by atoms with Crippen molar-refractivity contribution in [1.29, 1.82) is 0 Å². The van der Waals surface area contributed by atoms with Gasteiger partial charge in [-0.25, -0.2) is 0 Å². The molecular weight excluding hydrogens is 446 g/mol. The van der Waals surface area contributed by atoms with Gasteiger partial charge in [0.1, 0.15) is 6.61 Å². The number of aromatic nitrogens is 3. The first-order valence-corrected chi connectivity index (χ1v) is 11.4. The third kappa shape index (κ3) is 4.22. The van der Waals surface area contributed by atoms with Crippen molar-refractivity contribution in [2.24, 2.45) is 0 Å². The SMILES string of the molecule is O=C(CSc1nnc([C@H]2COc3ccccc3O2)n1-c1ccccc1)c1ccc(Cl)cc1. The van der Waals surface area contributed by atoms with Crippen molar-refractivity contribution < 1.29 is 14.3 Å². The summed E-state index contributed by atoms with van der Waals surface area (Å²) in [6.07, 6.45) is -0.432. The van der Waals surface area contributed by atoms with Gasteiger partial charge in [0.25, 0.3) is 0 Å². The van der Waals surface area contributed by atoms with Crippen molar-refractivity contribution in [3.05, 3.63) is 95.3 Å². The van der Waals surface area contributed by atoms with E-state index in [4.69, 9.17) is 21.1 Å². The van der Waals surface area contributed by atoms with Crippen LogP contribution in [0.3, 0.4) is 0 Å². The van der Waals surface area contributed by atoms with E-state index in [2.05, 4.69) is 10.2 Å². The number of Topliss-reactive ketones (excluding diaryl/α,β-unsaturated/α-hetero) is 1. The van der Waals surface area contributed by atoms with E-state index in [1.54, 1.807) is 24.3 Å². The maximum Gasteiger partial charge on any atom is 0.196 e. The number of hydrogen-bond donors (Lipinski definition) is 0. The second kappa shape index (κ2) is 9.06. The number of rotatable bonds is 6. The lowest BCUT2D eigenvalue weighted by atomic mass is 10.1. The molecule has 3 aromatic carbocycles. The third-order valence-electron chi connectivity index (χ3n) is 4.97. The average Bonchev–Trinajstić information content (AvgIpc) is 3.27. The molecule has 1 aliphatic rings. The number of ketones is 1. The minimum absolute atomic E-state index is 0.0120. The molecule has 0 spiro atoms. The average molecular weight is 464 g/mol. The van der Waals surface area contributed by atoms with Gasteiger partial charge < -0.3 is 9.47 Å². The Morgan fingerprint density at radius 2 is 1.69 bits per heavy atom. The number of fused-ring (bicyclic) bond motifs is 1. The molecule has 0 amide bonds. The maximum atomic E-state index is 12.7. The van der Waals surface area contributed by atoms with Gasteiger partial charge in [-0.1, -0.05) is 53.7 Å². The van der Waals surface area contributed by atoms with Gasteiger partial charge >= 0.3 is 0 Å². The Hall–Kier alpha value is -3.29. The molecule has 0 N–H and O–H groups in total. The van der Waals surface area contributed by atoms with E-state index in [0.29, 0.717) is 39.7 Å². The smallest absolute Gasteiger partial charge is 0.196 e.